The second-order valence-corrected chi connectivity index (χ2v) is 3.36. The molecule has 1 aromatic rings. The lowest BCUT2D eigenvalue weighted by atomic mass is 9.88. The van der Waals surface area contributed by atoms with Crippen molar-refractivity contribution < 1.29 is 9.53 Å². The van der Waals surface area contributed by atoms with Gasteiger partial charge in [-0.3, -0.25) is 10.2 Å². The summed E-state index contributed by atoms with van der Waals surface area (Å²) in [6.45, 7) is 2.80. The SMILES string of the molecule is CC1(C(=O)Nn2cnnc2)COC1. The first-order valence-electron chi connectivity index (χ1n) is 3.94. The first-order chi connectivity index (χ1) is 6.21. The largest absolute Gasteiger partial charge is 0.379 e. The van der Waals surface area contributed by atoms with Gasteiger partial charge in [-0.05, 0) is 6.92 Å². The predicted octanol–water partition coefficient (Wildman–Crippen LogP) is -0.615. The Hall–Kier alpha value is -1.43. The van der Waals surface area contributed by atoms with E-state index in [1.54, 1.807) is 0 Å². The third-order valence-electron chi connectivity index (χ3n) is 2.04. The molecule has 0 aromatic carbocycles. The van der Waals surface area contributed by atoms with Crippen molar-refractivity contribution >= 4 is 5.91 Å². The summed E-state index contributed by atoms with van der Waals surface area (Å²) >= 11 is 0. The van der Waals surface area contributed by atoms with Gasteiger partial charge in [0.25, 0.3) is 0 Å². The average molecular weight is 182 g/mol. The van der Waals surface area contributed by atoms with Gasteiger partial charge in [0, 0.05) is 0 Å². The zero-order valence-corrected chi connectivity index (χ0v) is 7.23. The van der Waals surface area contributed by atoms with Gasteiger partial charge < -0.3 is 4.74 Å². The van der Waals surface area contributed by atoms with Crippen LogP contribution in [0.4, 0.5) is 0 Å². The van der Waals surface area contributed by atoms with Gasteiger partial charge in [-0.15, -0.1) is 10.2 Å². The zero-order valence-electron chi connectivity index (χ0n) is 7.23. The molecule has 0 spiro atoms. The van der Waals surface area contributed by atoms with Crippen LogP contribution in [-0.4, -0.2) is 34.0 Å². The number of nitrogens with zero attached hydrogens (tertiary/aromatic N) is 3. The molecule has 1 aliphatic rings. The molecule has 1 aliphatic heterocycles. The van der Waals surface area contributed by atoms with E-state index in [2.05, 4.69) is 15.6 Å². The number of nitrogens with one attached hydrogen (secondary N) is 1. The molecular formula is C7H10N4O2. The van der Waals surface area contributed by atoms with Crippen molar-refractivity contribution in [3.05, 3.63) is 12.7 Å². The van der Waals surface area contributed by atoms with Crippen LogP contribution in [-0.2, 0) is 9.53 Å². The Bertz CT molecular complexity index is 304. The van der Waals surface area contributed by atoms with E-state index in [0.717, 1.165) is 0 Å². The van der Waals surface area contributed by atoms with Crippen LogP contribution in [0.3, 0.4) is 0 Å². The van der Waals surface area contributed by atoms with Gasteiger partial charge in [0.05, 0.1) is 18.6 Å². The molecule has 0 saturated carbocycles. The molecule has 0 atom stereocenters. The summed E-state index contributed by atoms with van der Waals surface area (Å²) in [7, 11) is 0. The van der Waals surface area contributed by atoms with Crippen molar-refractivity contribution in [1.82, 2.24) is 14.9 Å². The summed E-state index contributed by atoms with van der Waals surface area (Å²) in [6, 6.07) is 0. The highest BCUT2D eigenvalue weighted by Crippen LogP contribution is 2.26. The van der Waals surface area contributed by atoms with Crippen molar-refractivity contribution in [3.63, 3.8) is 0 Å². The maximum atomic E-state index is 11.5. The number of hydrogen-bond acceptors (Lipinski definition) is 4. The Morgan fingerprint density at radius 2 is 2.15 bits per heavy atom. The molecule has 70 valence electrons. The van der Waals surface area contributed by atoms with Gasteiger partial charge in [-0.1, -0.05) is 0 Å². The van der Waals surface area contributed by atoms with Crippen LogP contribution in [0.5, 0.6) is 0 Å². The smallest absolute Gasteiger partial charge is 0.249 e. The molecule has 1 amide bonds. The van der Waals surface area contributed by atoms with E-state index in [9.17, 15) is 4.79 Å². The van der Waals surface area contributed by atoms with Gasteiger partial charge in [-0.25, -0.2) is 4.68 Å². The fourth-order valence-electron chi connectivity index (χ4n) is 1.05. The summed E-state index contributed by atoms with van der Waals surface area (Å²) < 4.78 is 6.40. The number of carbonyl (C=O) groups is 1. The Balaban J connectivity index is 1.99. The number of aromatic nitrogens is 3. The molecule has 2 heterocycles. The summed E-state index contributed by atoms with van der Waals surface area (Å²) in [5, 5.41) is 7.14. The van der Waals surface area contributed by atoms with Crippen LogP contribution in [0, 0.1) is 5.41 Å². The van der Waals surface area contributed by atoms with Crippen LogP contribution in [0.25, 0.3) is 0 Å². The van der Waals surface area contributed by atoms with E-state index in [-0.39, 0.29) is 5.91 Å². The highest BCUT2D eigenvalue weighted by molar-refractivity contribution is 5.89. The van der Waals surface area contributed by atoms with Crippen LogP contribution in [0.2, 0.25) is 0 Å². The van der Waals surface area contributed by atoms with Crippen molar-refractivity contribution in [2.45, 2.75) is 6.92 Å². The molecule has 0 aliphatic carbocycles. The van der Waals surface area contributed by atoms with Crippen molar-refractivity contribution in [2.24, 2.45) is 5.41 Å². The second-order valence-electron chi connectivity index (χ2n) is 3.36. The Morgan fingerprint density at radius 3 is 2.62 bits per heavy atom. The Kier molecular flexibility index (Phi) is 1.77. The Labute approximate surface area is 74.9 Å². The van der Waals surface area contributed by atoms with Crippen LogP contribution < -0.4 is 5.43 Å². The maximum absolute atomic E-state index is 11.5. The maximum Gasteiger partial charge on any atom is 0.249 e. The molecule has 0 unspecified atom stereocenters. The lowest BCUT2D eigenvalue weighted by molar-refractivity contribution is -0.152. The van der Waals surface area contributed by atoms with E-state index >= 15 is 0 Å². The quantitative estimate of drug-likeness (QED) is 0.662. The van der Waals surface area contributed by atoms with Crippen molar-refractivity contribution in [2.75, 3.05) is 18.6 Å². The minimum absolute atomic E-state index is 0.0708. The first-order valence-corrected chi connectivity index (χ1v) is 3.94. The van der Waals surface area contributed by atoms with E-state index in [4.69, 9.17) is 4.74 Å². The minimum Gasteiger partial charge on any atom is -0.379 e. The topological polar surface area (TPSA) is 69.0 Å². The van der Waals surface area contributed by atoms with Crippen LogP contribution in [0.1, 0.15) is 6.92 Å². The molecular weight excluding hydrogens is 172 g/mol. The second kappa shape index (κ2) is 2.81. The van der Waals surface area contributed by atoms with Gasteiger partial charge in [0.1, 0.15) is 12.7 Å². The molecule has 6 heteroatoms. The lowest BCUT2D eigenvalue weighted by Crippen LogP contribution is -2.50. The fraction of sp³-hybridized carbons (Fsp3) is 0.571. The van der Waals surface area contributed by atoms with Gasteiger partial charge in [0.2, 0.25) is 5.91 Å². The fourth-order valence-corrected chi connectivity index (χ4v) is 1.05. The molecule has 0 bridgehead atoms. The average Bonchev–Trinajstić information content (AvgIpc) is 2.52. The number of hydrogen-bond donors (Lipinski definition) is 1. The molecule has 1 fully saturated rings. The Morgan fingerprint density at radius 1 is 1.54 bits per heavy atom. The van der Waals surface area contributed by atoms with E-state index in [0.29, 0.717) is 13.2 Å². The molecule has 1 N–H and O–H groups in total. The highest BCUT2D eigenvalue weighted by atomic mass is 16.5. The molecule has 6 nitrogen and oxygen atoms in total. The van der Waals surface area contributed by atoms with Crippen molar-refractivity contribution in [3.8, 4) is 0 Å². The third kappa shape index (κ3) is 1.40. The number of ether oxygens (including phenoxy) is 1. The molecule has 2 rings (SSSR count). The monoisotopic (exact) mass is 182 g/mol. The number of carbonyl (C=O) groups excluding carboxylic acids is 1. The summed E-state index contributed by atoms with van der Waals surface area (Å²) in [5.41, 5.74) is 2.24. The zero-order chi connectivity index (χ0) is 9.31. The minimum atomic E-state index is -0.399. The first kappa shape index (κ1) is 8.18. The van der Waals surface area contributed by atoms with E-state index < -0.39 is 5.41 Å². The van der Waals surface area contributed by atoms with E-state index in [1.165, 1.54) is 17.3 Å². The van der Waals surface area contributed by atoms with Crippen LogP contribution >= 0.6 is 0 Å². The van der Waals surface area contributed by atoms with Gasteiger partial charge in [-0.2, -0.15) is 0 Å². The third-order valence-corrected chi connectivity index (χ3v) is 2.04. The number of amides is 1. The summed E-state index contributed by atoms with van der Waals surface area (Å²) in [6.07, 6.45) is 2.86. The molecule has 0 radical (unpaired) electrons. The van der Waals surface area contributed by atoms with Crippen molar-refractivity contribution in [1.29, 1.82) is 0 Å². The molecule has 1 aromatic heterocycles. The molecule has 1 saturated heterocycles. The summed E-state index contributed by atoms with van der Waals surface area (Å²) in [4.78, 5) is 11.5. The van der Waals surface area contributed by atoms with Gasteiger partial charge >= 0.3 is 0 Å². The van der Waals surface area contributed by atoms with Crippen LogP contribution in [0.15, 0.2) is 12.7 Å². The normalized spacial score (nSPS) is 19.2. The highest BCUT2D eigenvalue weighted by Gasteiger charge is 2.41. The standard InChI is InChI=1S/C7H10N4O2/c1-7(2-13-3-7)6(12)10-11-4-8-9-5-11/h4-5H,2-3H2,1H3,(H,10,12). The summed E-state index contributed by atoms with van der Waals surface area (Å²) in [5.74, 6) is -0.0708. The number of rotatable bonds is 2. The van der Waals surface area contributed by atoms with Gasteiger partial charge in [0.15, 0.2) is 0 Å². The molecule has 13 heavy (non-hydrogen) atoms. The lowest BCUT2D eigenvalue weighted by Gasteiger charge is -2.35. The van der Waals surface area contributed by atoms with E-state index in [1.807, 2.05) is 6.92 Å². The predicted molar refractivity (Wildman–Crippen MR) is 43.3 cm³/mol.